The van der Waals surface area contributed by atoms with Crippen molar-refractivity contribution in [2.24, 2.45) is 0 Å². The summed E-state index contributed by atoms with van der Waals surface area (Å²) in [6, 6.07) is 7.31. The van der Waals surface area contributed by atoms with Gasteiger partial charge in [-0.25, -0.2) is 13.2 Å². The number of para-hydroxylation sites is 1. The van der Waals surface area contributed by atoms with Gasteiger partial charge in [0.1, 0.15) is 23.5 Å². The number of nitrogens with one attached hydrogen (secondary N) is 1. The number of thioether (sulfide) groups is 1. The summed E-state index contributed by atoms with van der Waals surface area (Å²) in [7, 11) is 0. The summed E-state index contributed by atoms with van der Waals surface area (Å²) in [5.74, 6) is -3.14. The van der Waals surface area contributed by atoms with Crippen LogP contribution < -0.4 is 5.32 Å². The summed E-state index contributed by atoms with van der Waals surface area (Å²) in [6.07, 6.45) is 0. The second-order valence-electron chi connectivity index (χ2n) is 5.38. The van der Waals surface area contributed by atoms with Crippen molar-refractivity contribution < 1.29 is 22.8 Å². The number of amides is 2. The van der Waals surface area contributed by atoms with Crippen molar-refractivity contribution in [3.05, 3.63) is 65.5 Å². The van der Waals surface area contributed by atoms with Crippen LogP contribution in [0.3, 0.4) is 0 Å². The van der Waals surface area contributed by atoms with Crippen molar-refractivity contribution in [1.82, 2.24) is 4.90 Å². The molecular weight excluding hydrogens is 353 g/mol. The van der Waals surface area contributed by atoms with E-state index in [0.29, 0.717) is 0 Å². The molecule has 1 aliphatic rings. The third-order valence-corrected chi connectivity index (χ3v) is 4.75. The highest BCUT2D eigenvalue weighted by Gasteiger charge is 2.36. The maximum absolute atomic E-state index is 13.8. The lowest BCUT2D eigenvalue weighted by Crippen LogP contribution is -2.44. The van der Waals surface area contributed by atoms with Crippen LogP contribution in [0.2, 0.25) is 0 Å². The van der Waals surface area contributed by atoms with E-state index in [2.05, 4.69) is 5.32 Å². The second kappa shape index (κ2) is 7.18. The molecule has 0 spiro atoms. The normalized spacial score (nSPS) is 16.8. The Morgan fingerprint density at radius 1 is 1.08 bits per heavy atom. The van der Waals surface area contributed by atoms with Crippen molar-refractivity contribution in [1.29, 1.82) is 0 Å². The van der Waals surface area contributed by atoms with Gasteiger partial charge in [-0.1, -0.05) is 12.1 Å². The minimum atomic E-state index is -0.903. The smallest absolute Gasteiger partial charge is 0.258 e. The molecule has 2 aromatic rings. The highest BCUT2D eigenvalue weighted by Crippen LogP contribution is 2.26. The minimum Gasteiger partial charge on any atom is -0.322 e. The van der Waals surface area contributed by atoms with Crippen LogP contribution in [0.25, 0.3) is 0 Å². The molecule has 8 heteroatoms. The van der Waals surface area contributed by atoms with Gasteiger partial charge in [0.25, 0.3) is 5.91 Å². The Hall–Kier alpha value is -2.48. The van der Waals surface area contributed by atoms with Crippen molar-refractivity contribution in [2.45, 2.75) is 6.04 Å². The van der Waals surface area contributed by atoms with Crippen LogP contribution in [-0.2, 0) is 4.79 Å². The molecule has 0 bridgehead atoms. The average Bonchev–Trinajstić information content (AvgIpc) is 3.08. The molecule has 25 heavy (non-hydrogen) atoms. The minimum absolute atomic E-state index is 0.00580. The first-order valence-electron chi connectivity index (χ1n) is 7.36. The molecule has 0 radical (unpaired) electrons. The first-order valence-corrected chi connectivity index (χ1v) is 8.52. The molecule has 2 amide bonds. The zero-order chi connectivity index (χ0) is 18.0. The van der Waals surface area contributed by atoms with Crippen LogP contribution >= 0.6 is 11.8 Å². The van der Waals surface area contributed by atoms with Crippen molar-refractivity contribution in [3.8, 4) is 0 Å². The van der Waals surface area contributed by atoms with E-state index in [1.807, 2.05) is 0 Å². The molecule has 4 nitrogen and oxygen atoms in total. The van der Waals surface area contributed by atoms with Crippen molar-refractivity contribution in [2.75, 3.05) is 16.9 Å². The van der Waals surface area contributed by atoms with E-state index in [1.54, 1.807) is 6.07 Å². The number of carbonyl (C=O) groups excluding carboxylic acids is 2. The van der Waals surface area contributed by atoms with Crippen LogP contribution in [0.4, 0.5) is 18.9 Å². The summed E-state index contributed by atoms with van der Waals surface area (Å²) in [5, 5.41) is 2.43. The highest BCUT2D eigenvalue weighted by molar-refractivity contribution is 7.99. The van der Waals surface area contributed by atoms with Gasteiger partial charge in [-0.15, -0.1) is 11.8 Å². The predicted octanol–water partition coefficient (Wildman–Crippen LogP) is 3.26. The number of hydrogen-bond donors (Lipinski definition) is 1. The largest absolute Gasteiger partial charge is 0.322 e. The predicted molar refractivity (Wildman–Crippen MR) is 88.7 cm³/mol. The Balaban J connectivity index is 1.80. The van der Waals surface area contributed by atoms with Gasteiger partial charge in [-0.2, -0.15) is 0 Å². The first-order chi connectivity index (χ1) is 12.0. The van der Waals surface area contributed by atoms with Gasteiger partial charge >= 0.3 is 0 Å². The number of carbonyl (C=O) groups is 2. The standard InChI is InChI=1S/C17H13F3N2O2S/c18-10-5-6-12(19)11(7-10)17(24)22-9-25-8-15(22)16(23)21-14-4-2-1-3-13(14)20/h1-7,15H,8-9H2,(H,21,23). The van der Waals surface area contributed by atoms with Crippen LogP contribution in [0.15, 0.2) is 42.5 Å². The van der Waals surface area contributed by atoms with Crippen LogP contribution in [-0.4, -0.2) is 34.4 Å². The lowest BCUT2D eigenvalue weighted by molar-refractivity contribution is -0.119. The van der Waals surface area contributed by atoms with E-state index >= 15 is 0 Å². The molecule has 1 saturated heterocycles. The third kappa shape index (κ3) is 3.63. The molecule has 0 aliphatic carbocycles. The van der Waals surface area contributed by atoms with Gasteiger partial charge in [0, 0.05) is 5.75 Å². The van der Waals surface area contributed by atoms with Gasteiger partial charge in [-0.05, 0) is 30.3 Å². The molecule has 1 fully saturated rings. The van der Waals surface area contributed by atoms with E-state index in [9.17, 15) is 22.8 Å². The van der Waals surface area contributed by atoms with E-state index in [4.69, 9.17) is 0 Å². The Morgan fingerprint density at radius 2 is 1.84 bits per heavy atom. The first kappa shape index (κ1) is 17.3. The fourth-order valence-electron chi connectivity index (χ4n) is 2.45. The maximum atomic E-state index is 13.8. The Bertz CT molecular complexity index is 831. The monoisotopic (exact) mass is 366 g/mol. The van der Waals surface area contributed by atoms with Gasteiger partial charge in [0.2, 0.25) is 5.91 Å². The van der Waals surface area contributed by atoms with Crippen molar-refractivity contribution in [3.63, 3.8) is 0 Å². The Morgan fingerprint density at radius 3 is 2.60 bits per heavy atom. The Labute approximate surface area is 146 Å². The van der Waals surface area contributed by atoms with E-state index in [1.165, 1.54) is 30.0 Å². The molecule has 1 heterocycles. The second-order valence-corrected chi connectivity index (χ2v) is 6.38. The molecule has 0 aromatic heterocycles. The number of halogens is 3. The van der Waals surface area contributed by atoms with E-state index < -0.39 is 40.9 Å². The van der Waals surface area contributed by atoms with Crippen LogP contribution in [0.5, 0.6) is 0 Å². The number of hydrogen-bond acceptors (Lipinski definition) is 3. The van der Waals surface area contributed by atoms with Crippen LogP contribution in [0, 0.1) is 17.5 Å². The molecule has 0 saturated carbocycles. The average molecular weight is 366 g/mol. The zero-order valence-corrected chi connectivity index (χ0v) is 13.7. The summed E-state index contributed by atoms with van der Waals surface area (Å²) >= 11 is 1.30. The van der Waals surface area contributed by atoms with Gasteiger partial charge < -0.3 is 10.2 Å². The third-order valence-electron chi connectivity index (χ3n) is 3.74. The maximum Gasteiger partial charge on any atom is 0.258 e. The van der Waals surface area contributed by atoms with Gasteiger partial charge in [-0.3, -0.25) is 9.59 Å². The number of benzene rings is 2. The lowest BCUT2D eigenvalue weighted by atomic mass is 10.1. The molecule has 1 atom stereocenters. The van der Waals surface area contributed by atoms with Gasteiger partial charge in [0.15, 0.2) is 0 Å². The fraction of sp³-hybridized carbons (Fsp3) is 0.176. The quantitative estimate of drug-likeness (QED) is 0.907. The molecule has 3 rings (SSSR count). The number of rotatable bonds is 3. The van der Waals surface area contributed by atoms with Crippen molar-refractivity contribution >= 4 is 29.3 Å². The zero-order valence-electron chi connectivity index (χ0n) is 12.8. The Kier molecular flexibility index (Phi) is 4.98. The molecule has 1 aliphatic heterocycles. The summed E-state index contributed by atoms with van der Waals surface area (Å²) < 4.78 is 40.8. The molecule has 1 N–H and O–H groups in total. The highest BCUT2D eigenvalue weighted by atomic mass is 32.2. The van der Waals surface area contributed by atoms with Gasteiger partial charge in [0.05, 0.1) is 17.1 Å². The molecule has 2 aromatic carbocycles. The summed E-state index contributed by atoms with van der Waals surface area (Å²) in [6.45, 7) is 0. The van der Waals surface area contributed by atoms with E-state index in [0.717, 1.165) is 23.1 Å². The summed E-state index contributed by atoms with van der Waals surface area (Å²) in [4.78, 5) is 26.1. The molecule has 1 unspecified atom stereocenters. The SMILES string of the molecule is O=C(Nc1ccccc1F)C1CSCN1C(=O)c1cc(F)ccc1F. The number of nitrogens with zero attached hydrogens (tertiary/aromatic N) is 1. The molecular formula is C17H13F3N2O2S. The lowest BCUT2D eigenvalue weighted by Gasteiger charge is -2.23. The summed E-state index contributed by atoms with van der Waals surface area (Å²) in [5.41, 5.74) is -0.445. The fourth-order valence-corrected chi connectivity index (χ4v) is 3.61. The van der Waals surface area contributed by atoms with E-state index in [-0.39, 0.29) is 17.3 Å². The van der Waals surface area contributed by atoms with Crippen LogP contribution in [0.1, 0.15) is 10.4 Å². The molecule has 130 valence electrons. The number of anilines is 1. The topological polar surface area (TPSA) is 49.4 Å².